The van der Waals surface area contributed by atoms with Gasteiger partial charge in [0.1, 0.15) is 6.61 Å². The molecule has 0 saturated heterocycles. The molecule has 5 heteroatoms. The number of hydrogen-bond donors (Lipinski definition) is 1. The summed E-state index contributed by atoms with van der Waals surface area (Å²) < 4.78 is 10.5. The highest BCUT2D eigenvalue weighted by Gasteiger charge is 2.15. The van der Waals surface area contributed by atoms with Gasteiger partial charge in [0.25, 0.3) is 0 Å². The highest BCUT2D eigenvalue weighted by molar-refractivity contribution is 5.70. The minimum absolute atomic E-state index is 0.118. The molecule has 0 aliphatic heterocycles. The molecule has 0 aliphatic rings. The lowest BCUT2D eigenvalue weighted by atomic mass is 10.1. The highest BCUT2D eigenvalue weighted by atomic mass is 16.6. The molecule has 0 saturated carbocycles. The Morgan fingerprint density at radius 3 is 1.26 bits per heavy atom. The minimum atomic E-state index is -0.831. The maximum atomic E-state index is 12.1. The van der Waals surface area contributed by atoms with Crippen LogP contribution in [0.15, 0.2) is 122 Å². The smallest absolute Gasteiger partial charge is 0.306 e. The van der Waals surface area contributed by atoms with E-state index in [1.165, 1.54) is 0 Å². The molecule has 0 bridgehead atoms. The molecule has 50 heavy (non-hydrogen) atoms. The summed E-state index contributed by atoms with van der Waals surface area (Å²) in [7, 11) is 0. The fourth-order valence-corrected chi connectivity index (χ4v) is 4.45. The molecule has 0 radical (unpaired) electrons. The van der Waals surface area contributed by atoms with Gasteiger partial charge in [-0.1, -0.05) is 148 Å². The average Bonchev–Trinajstić information content (AvgIpc) is 3.12. The van der Waals surface area contributed by atoms with Crippen molar-refractivity contribution in [3.05, 3.63) is 122 Å². The van der Waals surface area contributed by atoms with E-state index in [1.807, 2.05) is 12.2 Å². The Labute approximate surface area is 305 Å². The Morgan fingerprint density at radius 1 is 0.460 bits per heavy atom. The SMILES string of the molecule is CCC=CCC=CCC=CCC=CCC=CCC=CCCC(=O)O[C@@H](CO)COC(=O)CCCCCCC=CCC=CCC=CCC=CCC. The summed E-state index contributed by atoms with van der Waals surface area (Å²) in [6.45, 7) is 3.79. The van der Waals surface area contributed by atoms with Gasteiger partial charge in [-0.05, 0) is 89.9 Å². The van der Waals surface area contributed by atoms with Crippen LogP contribution in [0.4, 0.5) is 0 Å². The molecule has 0 heterocycles. The van der Waals surface area contributed by atoms with E-state index in [4.69, 9.17) is 9.47 Å². The number of hydrogen-bond acceptors (Lipinski definition) is 5. The fraction of sp³-hybridized carbons (Fsp3) is 0.511. The van der Waals surface area contributed by atoms with Gasteiger partial charge in [-0.3, -0.25) is 9.59 Å². The first-order valence-electron chi connectivity index (χ1n) is 19.1. The van der Waals surface area contributed by atoms with Gasteiger partial charge in [-0.2, -0.15) is 0 Å². The van der Waals surface area contributed by atoms with E-state index in [2.05, 4.69) is 123 Å². The molecule has 0 unspecified atom stereocenters. The van der Waals surface area contributed by atoms with Crippen LogP contribution in [0, 0.1) is 0 Å². The minimum Gasteiger partial charge on any atom is -0.462 e. The predicted molar refractivity (Wildman–Crippen MR) is 214 cm³/mol. The zero-order valence-corrected chi connectivity index (χ0v) is 31.3. The predicted octanol–water partition coefficient (Wildman–Crippen LogP) is 12.1. The van der Waals surface area contributed by atoms with Crippen LogP contribution in [0.3, 0.4) is 0 Å². The van der Waals surface area contributed by atoms with Crippen LogP contribution in [0.25, 0.3) is 0 Å². The molecule has 278 valence electrons. The summed E-state index contributed by atoms with van der Waals surface area (Å²) in [5, 5.41) is 9.54. The summed E-state index contributed by atoms with van der Waals surface area (Å²) >= 11 is 0. The summed E-state index contributed by atoms with van der Waals surface area (Å²) in [6, 6.07) is 0. The quantitative estimate of drug-likeness (QED) is 0.0433. The molecule has 0 fully saturated rings. The standard InChI is InChI=1S/C45H68O5/c1-3-5-7-9-11-13-15-17-19-21-22-24-26-28-30-32-34-36-38-40-45(48)50-43(41-46)42-49-44(47)39-37-35-33-31-29-27-25-23-20-18-16-14-12-10-8-6-4-2/h5-8,11-14,17-20,22,24-25,27-28,30,34,36,43,46H,3-4,9-10,15-16,21,23,26,29,31-33,35,37-42H2,1-2H3/t43-/m0/s1. The first-order valence-corrected chi connectivity index (χ1v) is 19.1. The molecule has 0 spiro atoms. The monoisotopic (exact) mass is 689 g/mol. The molecular weight excluding hydrogens is 620 g/mol. The molecule has 0 aliphatic carbocycles. The van der Waals surface area contributed by atoms with Crippen LogP contribution >= 0.6 is 0 Å². The number of aliphatic hydroxyl groups excluding tert-OH is 1. The third-order valence-corrected chi connectivity index (χ3v) is 7.26. The lowest BCUT2D eigenvalue weighted by Gasteiger charge is -2.15. The zero-order chi connectivity index (χ0) is 36.4. The normalized spacial score (nSPS) is 13.6. The summed E-state index contributed by atoms with van der Waals surface area (Å²) in [5.74, 6) is -0.732. The molecule has 5 nitrogen and oxygen atoms in total. The van der Waals surface area contributed by atoms with E-state index in [0.29, 0.717) is 12.8 Å². The van der Waals surface area contributed by atoms with Gasteiger partial charge in [0.15, 0.2) is 6.10 Å². The second-order valence-electron chi connectivity index (χ2n) is 11.9. The number of ether oxygens (including phenoxy) is 2. The number of esters is 2. The molecule has 1 N–H and O–H groups in total. The Morgan fingerprint density at radius 2 is 0.840 bits per heavy atom. The lowest BCUT2D eigenvalue weighted by Crippen LogP contribution is -2.28. The van der Waals surface area contributed by atoms with Crippen LogP contribution in [-0.4, -0.2) is 36.4 Å². The number of unbranched alkanes of at least 4 members (excludes halogenated alkanes) is 4. The number of carbonyl (C=O) groups excluding carboxylic acids is 2. The fourth-order valence-electron chi connectivity index (χ4n) is 4.45. The second-order valence-corrected chi connectivity index (χ2v) is 11.9. The first-order chi connectivity index (χ1) is 24.6. The van der Waals surface area contributed by atoms with Gasteiger partial charge in [-0.25, -0.2) is 0 Å². The average molecular weight is 689 g/mol. The van der Waals surface area contributed by atoms with Crippen LogP contribution in [0.5, 0.6) is 0 Å². The van der Waals surface area contributed by atoms with Gasteiger partial charge in [0.2, 0.25) is 0 Å². The van der Waals surface area contributed by atoms with Gasteiger partial charge < -0.3 is 14.6 Å². The van der Waals surface area contributed by atoms with Crippen molar-refractivity contribution in [3.8, 4) is 0 Å². The zero-order valence-electron chi connectivity index (χ0n) is 31.3. The van der Waals surface area contributed by atoms with Crippen molar-refractivity contribution in [3.63, 3.8) is 0 Å². The van der Waals surface area contributed by atoms with Crippen molar-refractivity contribution in [1.29, 1.82) is 0 Å². The van der Waals surface area contributed by atoms with Crippen molar-refractivity contribution in [1.82, 2.24) is 0 Å². The maximum Gasteiger partial charge on any atom is 0.306 e. The summed E-state index contributed by atoms with van der Waals surface area (Å²) in [4.78, 5) is 24.2. The maximum absolute atomic E-state index is 12.1. The van der Waals surface area contributed by atoms with E-state index in [1.54, 1.807) is 0 Å². The highest BCUT2D eigenvalue weighted by Crippen LogP contribution is 2.08. The number of allylic oxidation sites excluding steroid dienone is 20. The topological polar surface area (TPSA) is 72.8 Å². The molecule has 0 aromatic rings. The van der Waals surface area contributed by atoms with Crippen molar-refractivity contribution < 1.29 is 24.2 Å². The third kappa shape index (κ3) is 37.1. The van der Waals surface area contributed by atoms with Crippen molar-refractivity contribution in [2.24, 2.45) is 0 Å². The third-order valence-electron chi connectivity index (χ3n) is 7.26. The van der Waals surface area contributed by atoms with Crippen molar-refractivity contribution >= 4 is 11.9 Å². The molecule has 0 rings (SSSR count). The first kappa shape index (κ1) is 46.3. The van der Waals surface area contributed by atoms with Gasteiger partial charge >= 0.3 is 11.9 Å². The van der Waals surface area contributed by atoms with E-state index in [9.17, 15) is 14.7 Å². The molecule has 0 amide bonds. The molecule has 0 aromatic heterocycles. The number of aliphatic hydroxyl groups is 1. The second kappa shape index (κ2) is 39.7. The molecule has 1 atom stereocenters. The van der Waals surface area contributed by atoms with E-state index < -0.39 is 12.1 Å². The summed E-state index contributed by atoms with van der Waals surface area (Å²) in [6.07, 6.45) is 58.3. The van der Waals surface area contributed by atoms with Gasteiger partial charge in [-0.15, -0.1) is 0 Å². The van der Waals surface area contributed by atoms with E-state index in [-0.39, 0.29) is 25.6 Å². The number of carbonyl (C=O) groups is 2. The Bertz CT molecular complexity index is 1100. The molecular formula is C45H68O5. The van der Waals surface area contributed by atoms with Crippen molar-refractivity contribution in [2.75, 3.05) is 13.2 Å². The summed E-state index contributed by atoms with van der Waals surface area (Å²) in [5.41, 5.74) is 0. The van der Waals surface area contributed by atoms with Gasteiger partial charge in [0, 0.05) is 12.8 Å². The number of rotatable bonds is 32. The van der Waals surface area contributed by atoms with Crippen molar-refractivity contribution in [2.45, 2.75) is 136 Å². The molecule has 0 aromatic carbocycles. The van der Waals surface area contributed by atoms with Crippen LogP contribution < -0.4 is 0 Å². The Balaban J connectivity index is 3.80. The lowest BCUT2D eigenvalue weighted by molar-refractivity contribution is -0.161. The van der Waals surface area contributed by atoms with Gasteiger partial charge in [0.05, 0.1) is 6.61 Å². The van der Waals surface area contributed by atoms with E-state index in [0.717, 1.165) is 96.3 Å². The Kier molecular flexibility index (Phi) is 36.8. The van der Waals surface area contributed by atoms with Crippen LogP contribution in [-0.2, 0) is 19.1 Å². The van der Waals surface area contributed by atoms with E-state index >= 15 is 0 Å². The largest absolute Gasteiger partial charge is 0.462 e. The van der Waals surface area contributed by atoms with Crippen LogP contribution in [0.1, 0.15) is 129 Å². The van der Waals surface area contributed by atoms with Crippen LogP contribution in [0.2, 0.25) is 0 Å². The Hall–Kier alpha value is -3.70.